The number of thiophene rings is 1. The number of anilines is 2. The van der Waals surface area contributed by atoms with E-state index in [4.69, 9.17) is 27.3 Å². The lowest BCUT2D eigenvalue weighted by molar-refractivity contribution is 0.182. The van der Waals surface area contributed by atoms with Gasteiger partial charge in [0.25, 0.3) is 6.08 Å². The van der Waals surface area contributed by atoms with Crippen molar-refractivity contribution in [1.82, 2.24) is 20.2 Å². The van der Waals surface area contributed by atoms with Gasteiger partial charge in [0.2, 0.25) is 0 Å². The summed E-state index contributed by atoms with van der Waals surface area (Å²) in [5.74, 6) is -0.304. The number of benzene rings is 2. The van der Waals surface area contributed by atoms with E-state index in [0.29, 0.717) is 73.5 Å². The van der Waals surface area contributed by atoms with Crippen LogP contribution in [0.25, 0.3) is 37.7 Å². The van der Waals surface area contributed by atoms with Gasteiger partial charge in [-0.1, -0.05) is 24.2 Å². The smallest absolute Gasteiger partial charge is 0.270 e. The van der Waals surface area contributed by atoms with Gasteiger partial charge >= 0.3 is 0 Å². The van der Waals surface area contributed by atoms with Crippen LogP contribution < -0.4 is 16.0 Å². The maximum atomic E-state index is 17.2. The molecule has 0 amide bonds. The highest BCUT2D eigenvalue weighted by Gasteiger charge is 2.47. The number of nitrogens with zero attached hydrogens (tertiary/aromatic N) is 5. The number of aromatic nitrogens is 2. The minimum absolute atomic E-state index is 0.00670. The molecule has 0 spiro atoms. The number of nitrogens with two attached hydrogens (primary N) is 1. The molecular weight excluding hydrogens is 650 g/mol. The van der Waals surface area contributed by atoms with Crippen LogP contribution in [0.2, 0.25) is 5.02 Å². The third kappa shape index (κ3) is 4.58. The van der Waals surface area contributed by atoms with Gasteiger partial charge in [-0.05, 0) is 55.9 Å². The Bertz CT molecular complexity index is 2100. The quantitative estimate of drug-likeness (QED) is 0.217. The molecule has 0 aliphatic carbocycles. The summed E-state index contributed by atoms with van der Waals surface area (Å²) in [6.07, 6.45) is 1.89. The van der Waals surface area contributed by atoms with Crippen molar-refractivity contribution >= 4 is 60.3 Å². The first-order valence-electron chi connectivity index (χ1n) is 15.7. The highest BCUT2D eigenvalue weighted by Crippen LogP contribution is 2.51. The van der Waals surface area contributed by atoms with Crippen molar-refractivity contribution in [2.24, 2.45) is 0 Å². The first-order valence-corrected chi connectivity index (χ1v) is 16.9. The van der Waals surface area contributed by atoms with Gasteiger partial charge in [-0.15, -0.1) is 11.3 Å². The van der Waals surface area contributed by atoms with Crippen molar-refractivity contribution in [1.29, 1.82) is 5.26 Å². The summed E-state index contributed by atoms with van der Waals surface area (Å²) in [5, 5.41) is 14.3. The number of hydrogen-bond acceptors (Lipinski definition) is 8. The van der Waals surface area contributed by atoms with Crippen LogP contribution in [0.1, 0.15) is 49.1 Å². The zero-order valence-corrected chi connectivity index (χ0v) is 26.9. The van der Waals surface area contributed by atoms with Gasteiger partial charge in [-0.2, -0.15) is 14.0 Å². The molecule has 242 valence electrons. The number of piperazine rings is 1. The van der Waals surface area contributed by atoms with Crippen LogP contribution in [0, 0.1) is 23.0 Å². The van der Waals surface area contributed by atoms with Crippen molar-refractivity contribution in [2.75, 3.05) is 43.4 Å². The molecule has 2 atom stereocenters. The maximum absolute atomic E-state index is 17.2. The Morgan fingerprint density at radius 3 is 2.83 bits per heavy atom. The van der Waals surface area contributed by atoms with Crippen molar-refractivity contribution < 1.29 is 17.6 Å². The molecular formula is C34H30ClF4N7S. The van der Waals surface area contributed by atoms with E-state index < -0.39 is 23.3 Å². The van der Waals surface area contributed by atoms with Gasteiger partial charge in [-0.3, -0.25) is 4.90 Å². The molecule has 4 aromatic rings. The molecule has 47 heavy (non-hydrogen) atoms. The van der Waals surface area contributed by atoms with Gasteiger partial charge in [0.15, 0.2) is 5.82 Å². The number of nitrogens with one attached hydrogen (secondary N) is 1. The number of nitrogen functional groups attached to an aromatic ring is 1. The summed E-state index contributed by atoms with van der Waals surface area (Å²) in [7, 11) is 0. The van der Waals surface area contributed by atoms with Gasteiger partial charge < -0.3 is 16.0 Å². The Kier molecular flexibility index (Phi) is 7.26. The second-order valence-corrected chi connectivity index (χ2v) is 14.4. The molecule has 3 fully saturated rings. The van der Waals surface area contributed by atoms with Gasteiger partial charge in [0.1, 0.15) is 34.0 Å². The number of rotatable bonds is 4. The number of nitriles is 1. The lowest BCUT2D eigenvalue weighted by atomic mass is 9.87. The van der Waals surface area contributed by atoms with E-state index >= 15 is 8.78 Å². The van der Waals surface area contributed by atoms with E-state index in [9.17, 15) is 14.0 Å². The molecule has 8 rings (SSSR count). The second-order valence-electron chi connectivity index (χ2n) is 13.0. The number of halogens is 5. The molecule has 3 N–H and O–H groups in total. The topological polar surface area (TPSA) is 94.1 Å². The zero-order valence-electron chi connectivity index (χ0n) is 25.3. The first kappa shape index (κ1) is 30.6. The van der Waals surface area contributed by atoms with Crippen LogP contribution in [0.5, 0.6) is 0 Å². The third-order valence-corrected chi connectivity index (χ3v) is 11.9. The predicted molar refractivity (Wildman–Crippen MR) is 178 cm³/mol. The fraction of sp³-hybridized carbons (Fsp3) is 0.382. The molecule has 0 saturated carbocycles. The largest absolute Gasteiger partial charge is 0.389 e. The van der Waals surface area contributed by atoms with Crippen LogP contribution >= 0.6 is 22.9 Å². The summed E-state index contributed by atoms with van der Waals surface area (Å²) in [6.45, 7) is 7.41. The molecule has 2 aromatic carbocycles. The monoisotopic (exact) mass is 679 g/mol. The summed E-state index contributed by atoms with van der Waals surface area (Å²) in [5.41, 5.74) is 7.46. The van der Waals surface area contributed by atoms with Crippen molar-refractivity contribution in [2.45, 2.75) is 50.1 Å². The molecule has 1 unspecified atom stereocenters. The molecule has 2 aromatic heterocycles. The van der Waals surface area contributed by atoms with Crippen molar-refractivity contribution in [3.05, 3.63) is 64.0 Å². The van der Waals surface area contributed by atoms with Crippen molar-refractivity contribution in [3.63, 3.8) is 0 Å². The molecule has 13 heteroatoms. The Morgan fingerprint density at radius 1 is 1.21 bits per heavy atom. The van der Waals surface area contributed by atoms with Gasteiger partial charge in [0.05, 0.1) is 20.7 Å². The Hall–Kier alpha value is -3.76. The Balaban J connectivity index is 1.35. The fourth-order valence-corrected chi connectivity index (χ4v) is 9.67. The first-order chi connectivity index (χ1) is 22.6. The van der Waals surface area contributed by atoms with E-state index in [2.05, 4.69) is 27.8 Å². The SMILES string of the molecule is C=C1C[C@@H]2CNCCN2c2nc(CCC34CCCN3CC(=C(F)F)C4)nc3c(F)c(-c4ccc(F)c5sc(N)c(C#N)c45)c(Cl)c1c23. The molecule has 6 heterocycles. The van der Waals surface area contributed by atoms with Crippen LogP contribution in [-0.2, 0) is 6.42 Å². The van der Waals surface area contributed by atoms with Gasteiger partial charge in [0, 0.05) is 66.3 Å². The summed E-state index contributed by atoms with van der Waals surface area (Å²) >= 11 is 8.09. The normalized spacial score (nSPS) is 22.6. The summed E-state index contributed by atoms with van der Waals surface area (Å²) in [4.78, 5) is 14.2. The fourth-order valence-electron chi connectivity index (χ4n) is 8.31. The zero-order chi connectivity index (χ0) is 32.8. The predicted octanol–water partition coefficient (Wildman–Crippen LogP) is 7.41. The molecule has 0 radical (unpaired) electrons. The maximum Gasteiger partial charge on any atom is 0.270 e. The second kappa shape index (κ2) is 11.2. The van der Waals surface area contributed by atoms with E-state index in [-0.39, 0.29) is 60.5 Å². The molecule has 4 aliphatic heterocycles. The third-order valence-electron chi connectivity index (χ3n) is 10.5. The molecule has 7 nitrogen and oxygen atoms in total. The molecule has 4 aliphatic rings. The standard InChI is InChI=1S/C34H30ClF4N7S/c1-16-11-18-14-42-8-10-46(18)33-26-23(16)27(35)25(19-3-4-21(36)30-24(19)20(13-40)32(41)47-30)28(37)29(26)43-22(44-33)5-7-34-6-2-9-45(34)15-17(12-34)31(38)39/h3-4,18,42H,1-2,5-12,14-15,41H2/t18-,34?/m1/s1. The van der Waals surface area contributed by atoms with E-state index in [1.165, 1.54) is 12.1 Å². The number of hydrogen-bond donors (Lipinski definition) is 2. The van der Waals surface area contributed by atoms with E-state index in [0.717, 1.165) is 30.7 Å². The highest BCUT2D eigenvalue weighted by atomic mass is 35.5. The lowest BCUT2D eigenvalue weighted by Gasteiger charge is -2.36. The average Bonchev–Trinajstić information content (AvgIpc) is 3.69. The van der Waals surface area contributed by atoms with E-state index in [1.54, 1.807) is 0 Å². The Labute approximate surface area is 277 Å². The van der Waals surface area contributed by atoms with Crippen molar-refractivity contribution in [3.8, 4) is 17.2 Å². The van der Waals surface area contributed by atoms with Crippen LogP contribution in [0.3, 0.4) is 0 Å². The molecule has 0 bridgehead atoms. The van der Waals surface area contributed by atoms with Crippen LogP contribution in [-0.4, -0.2) is 59.2 Å². The van der Waals surface area contributed by atoms with Gasteiger partial charge in [-0.25, -0.2) is 18.7 Å². The molecule has 3 saturated heterocycles. The minimum atomic E-state index is -1.60. The van der Waals surface area contributed by atoms with Crippen LogP contribution in [0.4, 0.5) is 28.4 Å². The van der Waals surface area contributed by atoms with Crippen LogP contribution in [0.15, 0.2) is 30.4 Å². The number of fused-ring (bicyclic) bond motifs is 4. The lowest BCUT2D eigenvalue weighted by Crippen LogP contribution is -2.51. The summed E-state index contributed by atoms with van der Waals surface area (Å²) < 4.78 is 59.7. The summed E-state index contributed by atoms with van der Waals surface area (Å²) in [6, 6.07) is 4.68. The van der Waals surface area contributed by atoms with E-state index in [1.807, 2.05) is 0 Å². The number of aryl methyl sites for hydroxylation is 1. The Morgan fingerprint density at radius 2 is 2.04 bits per heavy atom. The highest BCUT2D eigenvalue weighted by molar-refractivity contribution is 7.23. The minimum Gasteiger partial charge on any atom is -0.389 e. The average molecular weight is 680 g/mol.